The Morgan fingerprint density at radius 1 is 1.26 bits per heavy atom. The molecule has 2 heteroatoms. The zero-order valence-electron chi connectivity index (χ0n) is 12.5. The molecule has 0 spiro atoms. The summed E-state index contributed by atoms with van der Waals surface area (Å²) in [6.45, 7) is 9.80. The lowest BCUT2D eigenvalue weighted by Gasteiger charge is -2.08. The van der Waals surface area contributed by atoms with Crippen molar-refractivity contribution < 1.29 is 4.74 Å². The molecule has 1 saturated carbocycles. The lowest BCUT2D eigenvalue weighted by molar-refractivity contribution is 0.309. The normalized spacial score (nSPS) is 20.3. The first-order valence-electron chi connectivity index (χ1n) is 7.54. The number of nitrogens with one attached hydrogen (secondary N) is 1. The van der Waals surface area contributed by atoms with Gasteiger partial charge in [0.2, 0.25) is 0 Å². The van der Waals surface area contributed by atoms with E-state index in [4.69, 9.17) is 4.74 Å². The van der Waals surface area contributed by atoms with Gasteiger partial charge in [-0.05, 0) is 48.4 Å². The Morgan fingerprint density at radius 3 is 2.53 bits per heavy atom. The van der Waals surface area contributed by atoms with E-state index in [0.717, 1.165) is 37.8 Å². The molecule has 0 bridgehead atoms. The lowest BCUT2D eigenvalue weighted by atomic mass is 10.1. The van der Waals surface area contributed by atoms with Gasteiger partial charge < -0.3 is 10.1 Å². The minimum Gasteiger partial charge on any atom is -0.494 e. The van der Waals surface area contributed by atoms with Crippen LogP contribution in [0.25, 0.3) is 0 Å². The molecule has 1 aromatic rings. The summed E-state index contributed by atoms with van der Waals surface area (Å²) in [4.78, 5) is 0. The third-order valence-electron chi connectivity index (χ3n) is 4.13. The first-order chi connectivity index (χ1) is 9.12. The molecule has 1 aromatic carbocycles. The highest BCUT2D eigenvalue weighted by Gasteiger charge is 2.44. The fourth-order valence-electron chi connectivity index (χ4n) is 2.35. The van der Waals surface area contributed by atoms with Crippen molar-refractivity contribution in [2.24, 2.45) is 11.3 Å². The zero-order valence-corrected chi connectivity index (χ0v) is 12.5. The van der Waals surface area contributed by atoms with Crippen molar-refractivity contribution in [3.63, 3.8) is 0 Å². The molecule has 106 valence electrons. The Labute approximate surface area is 117 Å². The molecular formula is C17H27NO. The lowest BCUT2D eigenvalue weighted by Crippen LogP contribution is -2.18. The van der Waals surface area contributed by atoms with Crippen molar-refractivity contribution in [2.75, 3.05) is 13.2 Å². The van der Waals surface area contributed by atoms with Crippen molar-refractivity contribution in [3.8, 4) is 5.75 Å². The Balaban J connectivity index is 1.67. The molecule has 0 saturated heterocycles. The van der Waals surface area contributed by atoms with Gasteiger partial charge in [-0.25, -0.2) is 0 Å². The summed E-state index contributed by atoms with van der Waals surface area (Å²) < 4.78 is 5.66. The van der Waals surface area contributed by atoms with Crippen LogP contribution in [0.1, 0.15) is 45.6 Å². The predicted octanol–water partition coefficient (Wildman–Crippen LogP) is 4.00. The second kappa shape index (κ2) is 6.42. The fraction of sp³-hybridized carbons (Fsp3) is 0.647. The summed E-state index contributed by atoms with van der Waals surface area (Å²) in [6.07, 6.45) is 3.67. The number of unbranched alkanes of at least 4 members (excludes halogenated alkanes) is 1. The van der Waals surface area contributed by atoms with Gasteiger partial charge in [0.25, 0.3) is 0 Å². The molecule has 0 heterocycles. The summed E-state index contributed by atoms with van der Waals surface area (Å²) in [6, 6.07) is 8.47. The summed E-state index contributed by atoms with van der Waals surface area (Å²) in [5.41, 5.74) is 1.91. The van der Waals surface area contributed by atoms with Gasteiger partial charge in [-0.1, -0.05) is 39.3 Å². The largest absolute Gasteiger partial charge is 0.494 e. The maximum Gasteiger partial charge on any atom is 0.119 e. The number of benzene rings is 1. The number of hydrogen-bond acceptors (Lipinski definition) is 2. The molecule has 0 aromatic heterocycles. The number of rotatable bonds is 8. The van der Waals surface area contributed by atoms with E-state index in [9.17, 15) is 0 Å². The van der Waals surface area contributed by atoms with Gasteiger partial charge in [0.1, 0.15) is 5.75 Å². The molecule has 19 heavy (non-hydrogen) atoms. The molecule has 1 unspecified atom stereocenters. The van der Waals surface area contributed by atoms with Crippen LogP contribution >= 0.6 is 0 Å². The quantitative estimate of drug-likeness (QED) is 0.714. The van der Waals surface area contributed by atoms with Crippen molar-refractivity contribution >= 4 is 0 Å². The molecule has 2 rings (SSSR count). The number of ether oxygens (including phenoxy) is 1. The molecule has 1 fully saturated rings. The summed E-state index contributed by atoms with van der Waals surface area (Å²) in [5.74, 6) is 1.85. The highest BCUT2D eigenvalue weighted by molar-refractivity contribution is 5.27. The number of hydrogen-bond donors (Lipinski definition) is 1. The van der Waals surface area contributed by atoms with E-state index < -0.39 is 0 Å². The minimum absolute atomic E-state index is 0.573. The average molecular weight is 261 g/mol. The Hall–Kier alpha value is -1.02. The van der Waals surface area contributed by atoms with Gasteiger partial charge in [-0.3, -0.25) is 0 Å². The molecule has 0 aliphatic heterocycles. The maximum absolute atomic E-state index is 5.66. The van der Waals surface area contributed by atoms with E-state index in [2.05, 4.69) is 50.4 Å². The van der Waals surface area contributed by atoms with Crippen LogP contribution in [-0.2, 0) is 6.54 Å². The van der Waals surface area contributed by atoms with Gasteiger partial charge in [0.05, 0.1) is 6.61 Å². The molecule has 1 aliphatic carbocycles. The van der Waals surface area contributed by atoms with Crippen molar-refractivity contribution in [2.45, 2.75) is 46.6 Å². The monoisotopic (exact) mass is 261 g/mol. The van der Waals surface area contributed by atoms with E-state index in [1.54, 1.807) is 0 Å². The second-order valence-corrected chi connectivity index (χ2v) is 6.37. The van der Waals surface area contributed by atoms with E-state index >= 15 is 0 Å². The maximum atomic E-state index is 5.66. The Kier molecular flexibility index (Phi) is 4.87. The Bertz CT molecular complexity index is 383. The average Bonchev–Trinajstić information content (AvgIpc) is 2.99. The van der Waals surface area contributed by atoms with Gasteiger partial charge in [-0.15, -0.1) is 0 Å². The Morgan fingerprint density at radius 2 is 1.95 bits per heavy atom. The van der Waals surface area contributed by atoms with Crippen molar-refractivity contribution in [1.29, 1.82) is 0 Å². The van der Waals surface area contributed by atoms with Crippen LogP contribution in [0.4, 0.5) is 0 Å². The van der Waals surface area contributed by atoms with Gasteiger partial charge in [-0.2, -0.15) is 0 Å². The van der Waals surface area contributed by atoms with Crippen LogP contribution < -0.4 is 10.1 Å². The van der Waals surface area contributed by atoms with E-state index in [1.807, 2.05) is 0 Å². The van der Waals surface area contributed by atoms with Crippen LogP contribution in [0.5, 0.6) is 5.75 Å². The first kappa shape index (κ1) is 14.4. The van der Waals surface area contributed by atoms with Gasteiger partial charge in [0.15, 0.2) is 0 Å². The van der Waals surface area contributed by atoms with Crippen LogP contribution in [0.2, 0.25) is 0 Å². The SMILES string of the molecule is CCCCOc1ccc(CNCC2CC2(C)C)cc1. The topological polar surface area (TPSA) is 21.3 Å². The predicted molar refractivity (Wildman–Crippen MR) is 80.4 cm³/mol. The summed E-state index contributed by atoms with van der Waals surface area (Å²) >= 11 is 0. The van der Waals surface area contributed by atoms with E-state index in [-0.39, 0.29) is 0 Å². The van der Waals surface area contributed by atoms with Crippen LogP contribution in [0.15, 0.2) is 24.3 Å². The third-order valence-corrected chi connectivity index (χ3v) is 4.13. The fourth-order valence-corrected chi connectivity index (χ4v) is 2.35. The van der Waals surface area contributed by atoms with Crippen molar-refractivity contribution in [3.05, 3.63) is 29.8 Å². The van der Waals surface area contributed by atoms with Crippen LogP contribution in [-0.4, -0.2) is 13.2 Å². The summed E-state index contributed by atoms with van der Waals surface area (Å²) in [7, 11) is 0. The smallest absolute Gasteiger partial charge is 0.119 e. The molecule has 0 amide bonds. The van der Waals surface area contributed by atoms with Crippen molar-refractivity contribution in [1.82, 2.24) is 5.32 Å². The molecule has 1 N–H and O–H groups in total. The highest BCUT2D eigenvalue weighted by Crippen LogP contribution is 2.50. The third kappa shape index (κ3) is 4.54. The zero-order chi connectivity index (χ0) is 13.7. The molecule has 1 aliphatic rings. The standard InChI is InChI=1S/C17H27NO/c1-4-5-10-19-16-8-6-14(7-9-16)12-18-13-15-11-17(15,2)3/h6-9,15,18H,4-5,10-13H2,1-3H3. The first-order valence-corrected chi connectivity index (χ1v) is 7.54. The highest BCUT2D eigenvalue weighted by atomic mass is 16.5. The molecule has 1 atom stereocenters. The molecule has 2 nitrogen and oxygen atoms in total. The van der Waals surface area contributed by atoms with E-state index in [0.29, 0.717) is 5.41 Å². The summed E-state index contributed by atoms with van der Waals surface area (Å²) in [5, 5.41) is 3.55. The van der Waals surface area contributed by atoms with Gasteiger partial charge in [0, 0.05) is 6.54 Å². The molecule has 0 radical (unpaired) electrons. The second-order valence-electron chi connectivity index (χ2n) is 6.37. The van der Waals surface area contributed by atoms with Crippen LogP contribution in [0, 0.1) is 11.3 Å². The minimum atomic E-state index is 0.573. The molecular weight excluding hydrogens is 234 g/mol. The van der Waals surface area contributed by atoms with E-state index in [1.165, 1.54) is 18.4 Å². The van der Waals surface area contributed by atoms with Crippen LogP contribution in [0.3, 0.4) is 0 Å². The van der Waals surface area contributed by atoms with Gasteiger partial charge >= 0.3 is 0 Å².